The minimum Gasteiger partial charge on any atom is -0.391 e. The van der Waals surface area contributed by atoms with Crippen LogP contribution in [0.25, 0.3) is 0 Å². The molecule has 0 bridgehead atoms. The molecule has 0 radical (unpaired) electrons. The third-order valence-corrected chi connectivity index (χ3v) is 1.94. The summed E-state index contributed by atoms with van der Waals surface area (Å²) in [6, 6.07) is 0. The molecule has 0 fully saturated rings. The molecule has 0 spiro atoms. The molecule has 0 atom stereocenters. The number of rotatable bonds is 4. The second-order valence-electron chi connectivity index (χ2n) is 2.58. The predicted molar refractivity (Wildman–Crippen MR) is 54.2 cm³/mol. The Bertz CT molecular complexity index is 214. The monoisotopic (exact) mass is 167 g/mol. The van der Waals surface area contributed by atoms with Gasteiger partial charge in [-0.1, -0.05) is 0 Å². The number of hydrogen-bond acceptors (Lipinski definition) is 3. The number of nitrogens with zero attached hydrogens (tertiary/aromatic N) is 1. The summed E-state index contributed by atoms with van der Waals surface area (Å²) in [6.45, 7) is 4.02. The van der Waals surface area contributed by atoms with Crippen molar-refractivity contribution in [1.82, 2.24) is 5.32 Å². The van der Waals surface area contributed by atoms with E-state index in [9.17, 15) is 0 Å². The first-order chi connectivity index (χ1) is 5.67. The molecule has 0 aromatic carbocycles. The van der Waals surface area contributed by atoms with E-state index in [0.29, 0.717) is 6.42 Å². The van der Waals surface area contributed by atoms with Crippen molar-refractivity contribution in [2.45, 2.75) is 20.3 Å². The Morgan fingerprint density at radius 3 is 2.42 bits per heavy atom. The van der Waals surface area contributed by atoms with Crippen LogP contribution >= 0.6 is 0 Å². The molecule has 0 aromatic heterocycles. The fourth-order valence-electron chi connectivity index (χ4n) is 0.913. The Kier molecular flexibility index (Phi) is 5.00. The zero-order chi connectivity index (χ0) is 9.56. The molecule has 0 saturated carbocycles. The summed E-state index contributed by atoms with van der Waals surface area (Å²) >= 11 is 0. The zero-order valence-corrected chi connectivity index (χ0v) is 8.23. The Hall–Kier alpha value is -1.12. The van der Waals surface area contributed by atoms with Gasteiger partial charge in [0.05, 0.1) is 0 Å². The lowest BCUT2D eigenvalue weighted by Crippen LogP contribution is -2.11. The van der Waals surface area contributed by atoms with Gasteiger partial charge in [0.1, 0.15) is 0 Å². The van der Waals surface area contributed by atoms with Crippen molar-refractivity contribution < 1.29 is 0 Å². The summed E-state index contributed by atoms with van der Waals surface area (Å²) in [5.74, 6) is 0. The van der Waals surface area contributed by atoms with E-state index in [0.717, 1.165) is 17.0 Å². The molecule has 0 aromatic rings. The van der Waals surface area contributed by atoms with Gasteiger partial charge in [-0.05, 0) is 19.4 Å². The molecule has 0 saturated heterocycles. The van der Waals surface area contributed by atoms with Gasteiger partial charge >= 0.3 is 0 Å². The maximum atomic E-state index is 6.98. The SMILES string of the molecule is C/N=C(CC=N)\C(C)=C(/C)NC. The molecule has 3 heteroatoms. The third-order valence-electron chi connectivity index (χ3n) is 1.94. The molecular weight excluding hydrogens is 150 g/mol. The molecule has 0 aliphatic carbocycles. The molecule has 3 nitrogen and oxygen atoms in total. The van der Waals surface area contributed by atoms with Crippen LogP contribution in [0.4, 0.5) is 0 Å². The molecule has 0 aliphatic rings. The van der Waals surface area contributed by atoms with E-state index < -0.39 is 0 Å². The maximum absolute atomic E-state index is 6.98. The summed E-state index contributed by atoms with van der Waals surface area (Å²) in [7, 11) is 3.64. The van der Waals surface area contributed by atoms with Crippen molar-refractivity contribution in [3.8, 4) is 0 Å². The molecule has 68 valence electrons. The predicted octanol–water partition coefficient (Wildman–Crippen LogP) is 1.61. The van der Waals surface area contributed by atoms with E-state index in [-0.39, 0.29) is 0 Å². The van der Waals surface area contributed by atoms with Gasteiger partial charge in [-0.25, -0.2) is 0 Å². The van der Waals surface area contributed by atoms with Crippen LogP contribution < -0.4 is 5.32 Å². The van der Waals surface area contributed by atoms with Gasteiger partial charge in [0.2, 0.25) is 0 Å². The number of aliphatic imine (C=N–C) groups is 1. The Morgan fingerprint density at radius 1 is 1.50 bits per heavy atom. The molecule has 0 aliphatic heterocycles. The molecule has 0 rings (SSSR count). The van der Waals surface area contributed by atoms with Crippen LogP contribution in [0.15, 0.2) is 16.3 Å². The first kappa shape index (κ1) is 10.9. The summed E-state index contributed by atoms with van der Waals surface area (Å²) in [5, 5.41) is 10.0. The quantitative estimate of drug-likeness (QED) is 0.614. The number of allylic oxidation sites excluding steroid dienone is 2. The van der Waals surface area contributed by atoms with Crippen LogP contribution in [-0.2, 0) is 0 Å². The Balaban J connectivity index is 4.63. The Labute approximate surface area is 74.1 Å². The zero-order valence-electron chi connectivity index (χ0n) is 8.23. The van der Waals surface area contributed by atoms with Crippen LogP contribution in [0.2, 0.25) is 0 Å². The maximum Gasteiger partial charge on any atom is 0.0444 e. The molecular formula is C9H17N3. The first-order valence-corrected chi connectivity index (χ1v) is 3.97. The fourth-order valence-corrected chi connectivity index (χ4v) is 0.913. The molecule has 2 N–H and O–H groups in total. The Morgan fingerprint density at radius 2 is 2.08 bits per heavy atom. The normalized spacial score (nSPS) is 13.8. The van der Waals surface area contributed by atoms with Crippen LogP contribution in [0, 0.1) is 5.41 Å². The van der Waals surface area contributed by atoms with Crippen LogP contribution in [0.5, 0.6) is 0 Å². The van der Waals surface area contributed by atoms with E-state index in [4.69, 9.17) is 5.41 Å². The average Bonchev–Trinajstić information content (AvgIpc) is 2.11. The van der Waals surface area contributed by atoms with Crippen molar-refractivity contribution in [3.63, 3.8) is 0 Å². The van der Waals surface area contributed by atoms with Gasteiger partial charge < -0.3 is 10.7 Å². The van der Waals surface area contributed by atoms with Gasteiger partial charge in [0.15, 0.2) is 0 Å². The lowest BCUT2D eigenvalue weighted by Gasteiger charge is -2.07. The van der Waals surface area contributed by atoms with E-state index in [1.54, 1.807) is 7.05 Å². The van der Waals surface area contributed by atoms with Crippen molar-refractivity contribution >= 4 is 11.9 Å². The van der Waals surface area contributed by atoms with E-state index >= 15 is 0 Å². The highest BCUT2D eigenvalue weighted by molar-refractivity contribution is 6.06. The smallest absolute Gasteiger partial charge is 0.0444 e. The highest BCUT2D eigenvalue weighted by atomic mass is 14.8. The second kappa shape index (κ2) is 5.52. The minimum absolute atomic E-state index is 0.612. The molecule has 12 heavy (non-hydrogen) atoms. The summed E-state index contributed by atoms with van der Waals surface area (Å²) in [5.41, 5.74) is 3.21. The van der Waals surface area contributed by atoms with Gasteiger partial charge in [-0.2, -0.15) is 0 Å². The van der Waals surface area contributed by atoms with Gasteiger partial charge in [-0.3, -0.25) is 4.99 Å². The van der Waals surface area contributed by atoms with Gasteiger partial charge in [0.25, 0.3) is 0 Å². The highest BCUT2D eigenvalue weighted by Gasteiger charge is 2.01. The van der Waals surface area contributed by atoms with Crippen molar-refractivity contribution in [3.05, 3.63) is 11.3 Å². The molecule has 0 unspecified atom stereocenters. The van der Waals surface area contributed by atoms with E-state index in [1.165, 1.54) is 6.21 Å². The fraction of sp³-hybridized carbons (Fsp3) is 0.556. The number of nitrogens with one attached hydrogen (secondary N) is 2. The highest BCUT2D eigenvalue weighted by Crippen LogP contribution is 2.04. The van der Waals surface area contributed by atoms with Crippen molar-refractivity contribution in [1.29, 1.82) is 5.41 Å². The second-order valence-corrected chi connectivity index (χ2v) is 2.58. The lowest BCUT2D eigenvalue weighted by atomic mass is 10.1. The topological polar surface area (TPSA) is 48.2 Å². The van der Waals surface area contributed by atoms with Crippen molar-refractivity contribution in [2.24, 2.45) is 4.99 Å². The summed E-state index contributed by atoms with van der Waals surface area (Å²) < 4.78 is 0. The average molecular weight is 167 g/mol. The molecule has 0 amide bonds. The summed E-state index contributed by atoms with van der Waals surface area (Å²) in [6.07, 6.45) is 1.98. The van der Waals surface area contributed by atoms with Crippen LogP contribution in [-0.4, -0.2) is 26.0 Å². The van der Waals surface area contributed by atoms with Gasteiger partial charge in [0, 0.05) is 38.1 Å². The summed E-state index contributed by atoms with van der Waals surface area (Å²) in [4.78, 5) is 4.11. The lowest BCUT2D eigenvalue weighted by molar-refractivity contribution is 0.972. The van der Waals surface area contributed by atoms with E-state index in [2.05, 4.69) is 10.3 Å². The van der Waals surface area contributed by atoms with Crippen LogP contribution in [0.3, 0.4) is 0 Å². The standard InChI is InChI=1S/C9H17N3/c1-7(8(2)11-3)9(12-4)5-6-10/h6,10-11H,5H2,1-4H3/b8-7+,10-6?,12-9-. The van der Waals surface area contributed by atoms with Crippen LogP contribution in [0.1, 0.15) is 20.3 Å². The van der Waals surface area contributed by atoms with E-state index in [1.807, 2.05) is 20.9 Å². The largest absolute Gasteiger partial charge is 0.391 e. The number of hydrogen-bond donors (Lipinski definition) is 2. The van der Waals surface area contributed by atoms with Gasteiger partial charge in [-0.15, -0.1) is 0 Å². The minimum atomic E-state index is 0.612. The molecule has 0 heterocycles. The first-order valence-electron chi connectivity index (χ1n) is 3.97. The third kappa shape index (κ3) is 2.86. The van der Waals surface area contributed by atoms with Crippen molar-refractivity contribution in [2.75, 3.05) is 14.1 Å².